The number of hydrogen-bond donors (Lipinski definition) is 5. The number of hydrogen-bond acceptors (Lipinski definition) is 6. The first-order valence-electron chi connectivity index (χ1n) is 6.90. The van der Waals surface area contributed by atoms with Gasteiger partial charge in [-0.25, -0.2) is 4.98 Å². The molecule has 0 fully saturated rings. The zero-order valence-electron chi connectivity index (χ0n) is 12.7. The monoisotopic (exact) mass is 327 g/mol. The molecule has 0 bridgehead atoms. The van der Waals surface area contributed by atoms with Gasteiger partial charge in [-0.15, -0.1) is 0 Å². The molecular formula is C16H17N5O3. The van der Waals surface area contributed by atoms with Crippen LogP contribution in [-0.2, 0) is 0 Å². The van der Waals surface area contributed by atoms with E-state index in [1.807, 2.05) is 0 Å². The minimum absolute atomic E-state index is 0.124. The molecule has 2 rings (SSSR count). The summed E-state index contributed by atoms with van der Waals surface area (Å²) in [7, 11) is 0. The number of carbonyl (C=O) groups is 1. The first-order chi connectivity index (χ1) is 11.4. The van der Waals surface area contributed by atoms with Crippen molar-refractivity contribution in [2.75, 3.05) is 6.54 Å². The number of benzene rings is 1. The summed E-state index contributed by atoms with van der Waals surface area (Å²) in [5, 5.41) is 24.8. The molecule has 124 valence electrons. The molecule has 0 saturated heterocycles. The van der Waals surface area contributed by atoms with E-state index in [2.05, 4.69) is 22.0 Å². The van der Waals surface area contributed by atoms with Crippen molar-refractivity contribution in [1.82, 2.24) is 10.3 Å². The molecule has 0 spiro atoms. The molecule has 1 aromatic carbocycles. The molecule has 0 aliphatic carbocycles. The van der Waals surface area contributed by atoms with Crippen LogP contribution in [-0.4, -0.2) is 33.5 Å². The predicted octanol–water partition coefficient (Wildman–Crippen LogP) is 0.835. The Morgan fingerprint density at radius 2 is 2.08 bits per heavy atom. The Hall–Kier alpha value is -3.55. The van der Waals surface area contributed by atoms with Crippen LogP contribution in [0, 0.1) is 0 Å². The number of pyridine rings is 1. The van der Waals surface area contributed by atoms with Gasteiger partial charge in [-0.2, -0.15) is 5.10 Å². The van der Waals surface area contributed by atoms with E-state index in [0.29, 0.717) is 11.1 Å². The number of amidine groups is 1. The lowest BCUT2D eigenvalue weighted by Crippen LogP contribution is -2.26. The number of nitrogens with zero attached hydrogens (tertiary/aromatic N) is 2. The highest BCUT2D eigenvalue weighted by molar-refractivity contribution is 5.98. The van der Waals surface area contributed by atoms with Gasteiger partial charge in [0.05, 0.1) is 6.54 Å². The summed E-state index contributed by atoms with van der Waals surface area (Å²) in [6.45, 7) is 3.13. The highest BCUT2D eigenvalue weighted by Gasteiger charge is 2.14. The lowest BCUT2D eigenvalue weighted by molar-refractivity contribution is 0.0944. The minimum Gasteiger partial charge on any atom is -0.511 e. The average molecular weight is 327 g/mol. The minimum atomic E-state index is -0.623. The maximum absolute atomic E-state index is 11.9. The number of carbonyl (C=O) groups excluding carboxylic acids is 1. The number of aromatic nitrogens is 1. The standard InChI is InChI=1S/C16H17N5O3/c1-9(22)7-20-16(24)14-13(23)6-12(8-19-14)10-3-2-4-11(5-10)15(17)21-18/h2-6,8,22-23H,1,7,18H2,(H2,17,21)(H,20,24). The Morgan fingerprint density at radius 1 is 1.33 bits per heavy atom. The third-order valence-corrected chi connectivity index (χ3v) is 3.17. The number of nitrogens with two attached hydrogens (primary N) is 2. The molecule has 0 atom stereocenters. The van der Waals surface area contributed by atoms with Crippen molar-refractivity contribution in [3.63, 3.8) is 0 Å². The fourth-order valence-corrected chi connectivity index (χ4v) is 1.98. The fraction of sp³-hybridized carbons (Fsp3) is 0.0625. The number of aliphatic hydroxyl groups is 1. The Balaban J connectivity index is 2.30. The van der Waals surface area contributed by atoms with Crippen LogP contribution in [0.15, 0.2) is 54.0 Å². The Kier molecular flexibility index (Phi) is 5.00. The number of aliphatic hydroxyl groups excluding tert-OH is 1. The van der Waals surface area contributed by atoms with Gasteiger partial charge in [0, 0.05) is 17.3 Å². The van der Waals surface area contributed by atoms with Crippen molar-refractivity contribution < 1.29 is 15.0 Å². The van der Waals surface area contributed by atoms with Crippen LogP contribution in [0.5, 0.6) is 5.75 Å². The van der Waals surface area contributed by atoms with Crippen LogP contribution in [0.25, 0.3) is 11.1 Å². The maximum Gasteiger partial charge on any atom is 0.274 e. The molecule has 7 N–H and O–H groups in total. The highest BCUT2D eigenvalue weighted by atomic mass is 16.3. The lowest BCUT2D eigenvalue weighted by atomic mass is 10.0. The highest BCUT2D eigenvalue weighted by Crippen LogP contribution is 2.25. The van der Waals surface area contributed by atoms with Gasteiger partial charge in [0.2, 0.25) is 0 Å². The molecule has 0 saturated carbocycles. The van der Waals surface area contributed by atoms with Gasteiger partial charge >= 0.3 is 0 Å². The summed E-state index contributed by atoms with van der Waals surface area (Å²) in [6, 6.07) is 8.43. The van der Waals surface area contributed by atoms with E-state index in [-0.39, 0.29) is 29.6 Å². The predicted molar refractivity (Wildman–Crippen MR) is 90.4 cm³/mol. The van der Waals surface area contributed by atoms with Crippen molar-refractivity contribution in [2.24, 2.45) is 16.7 Å². The number of hydrazone groups is 1. The van der Waals surface area contributed by atoms with Crippen LogP contribution in [0.4, 0.5) is 0 Å². The number of nitrogens with one attached hydrogen (secondary N) is 1. The van der Waals surface area contributed by atoms with Crippen molar-refractivity contribution in [3.05, 3.63) is 60.1 Å². The second kappa shape index (κ2) is 7.14. The number of aromatic hydroxyl groups is 1. The van der Waals surface area contributed by atoms with Crippen LogP contribution < -0.4 is 16.9 Å². The van der Waals surface area contributed by atoms with Gasteiger partial charge in [-0.05, 0) is 17.7 Å². The van der Waals surface area contributed by atoms with Gasteiger partial charge in [0.15, 0.2) is 5.69 Å². The molecule has 2 aromatic rings. The van der Waals surface area contributed by atoms with Gasteiger partial charge in [0.25, 0.3) is 5.91 Å². The number of rotatable bonds is 5. The van der Waals surface area contributed by atoms with Crippen molar-refractivity contribution >= 4 is 11.7 Å². The molecule has 24 heavy (non-hydrogen) atoms. The van der Waals surface area contributed by atoms with E-state index in [9.17, 15) is 9.90 Å². The summed E-state index contributed by atoms with van der Waals surface area (Å²) < 4.78 is 0. The summed E-state index contributed by atoms with van der Waals surface area (Å²) in [4.78, 5) is 15.8. The van der Waals surface area contributed by atoms with E-state index in [4.69, 9.17) is 16.7 Å². The largest absolute Gasteiger partial charge is 0.511 e. The van der Waals surface area contributed by atoms with Crippen molar-refractivity contribution in [2.45, 2.75) is 0 Å². The average Bonchev–Trinajstić information content (AvgIpc) is 2.58. The van der Waals surface area contributed by atoms with Crippen molar-refractivity contribution in [1.29, 1.82) is 0 Å². The van der Waals surface area contributed by atoms with Crippen molar-refractivity contribution in [3.8, 4) is 16.9 Å². The molecule has 8 nitrogen and oxygen atoms in total. The topological polar surface area (TPSA) is 147 Å². The van der Waals surface area contributed by atoms with Crippen LogP contribution >= 0.6 is 0 Å². The molecule has 0 aliphatic heterocycles. The molecule has 0 aliphatic rings. The van der Waals surface area contributed by atoms with Gasteiger partial charge < -0.3 is 27.1 Å². The third kappa shape index (κ3) is 3.80. The summed E-state index contributed by atoms with van der Waals surface area (Å²) in [5.41, 5.74) is 7.45. The second-order valence-corrected chi connectivity index (χ2v) is 4.94. The molecule has 1 aromatic heterocycles. The van der Waals surface area contributed by atoms with Gasteiger partial charge in [-0.1, -0.05) is 24.8 Å². The summed E-state index contributed by atoms with van der Waals surface area (Å²) >= 11 is 0. The van der Waals surface area contributed by atoms with E-state index in [0.717, 1.165) is 5.56 Å². The molecule has 8 heteroatoms. The van der Waals surface area contributed by atoms with Gasteiger partial charge in [-0.3, -0.25) is 4.79 Å². The molecule has 1 heterocycles. The van der Waals surface area contributed by atoms with E-state index < -0.39 is 5.91 Å². The van der Waals surface area contributed by atoms with Crippen LogP contribution in [0.2, 0.25) is 0 Å². The quantitative estimate of drug-likeness (QED) is 0.181. The Morgan fingerprint density at radius 3 is 2.71 bits per heavy atom. The van der Waals surface area contributed by atoms with Crippen LogP contribution in [0.1, 0.15) is 16.1 Å². The summed E-state index contributed by atoms with van der Waals surface area (Å²) in [5.74, 6) is 4.22. The smallest absolute Gasteiger partial charge is 0.274 e. The zero-order chi connectivity index (χ0) is 17.7. The van der Waals surface area contributed by atoms with E-state index in [1.165, 1.54) is 12.3 Å². The molecular weight excluding hydrogens is 310 g/mol. The van der Waals surface area contributed by atoms with Crippen LogP contribution in [0.3, 0.4) is 0 Å². The lowest BCUT2D eigenvalue weighted by Gasteiger charge is -2.08. The van der Waals surface area contributed by atoms with Gasteiger partial charge in [0.1, 0.15) is 17.3 Å². The molecule has 1 amide bonds. The normalized spacial score (nSPS) is 11.1. The SMILES string of the molecule is C=C(O)CNC(=O)c1ncc(-c2cccc(/C(N)=N/N)c2)cc1O. The maximum atomic E-state index is 11.9. The molecule has 0 unspecified atom stereocenters. The Labute approximate surface area is 138 Å². The fourth-order valence-electron chi connectivity index (χ4n) is 1.98. The molecule has 0 radical (unpaired) electrons. The van der Waals surface area contributed by atoms with E-state index in [1.54, 1.807) is 24.3 Å². The first-order valence-corrected chi connectivity index (χ1v) is 6.90. The summed E-state index contributed by atoms with van der Waals surface area (Å²) in [6.07, 6.45) is 1.44. The second-order valence-electron chi connectivity index (χ2n) is 4.94. The first kappa shape index (κ1) is 16.8. The zero-order valence-corrected chi connectivity index (χ0v) is 12.7. The third-order valence-electron chi connectivity index (χ3n) is 3.17. The number of amides is 1. The van der Waals surface area contributed by atoms with E-state index >= 15 is 0 Å². The Bertz CT molecular complexity index is 817.